The van der Waals surface area contributed by atoms with Gasteiger partial charge in [0.05, 0.1) is 13.2 Å². The van der Waals surface area contributed by atoms with Gasteiger partial charge in [-0.05, 0) is 56.5 Å². The van der Waals surface area contributed by atoms with Crippen LogP contribution in [0.5, 0.6) is 0 Å². The smallest absolute Gasteiger partial charge is 0.191 e. The summed E-state index contributed by atoms with van der Waals surface area (Å²) in [6.45, 7) is 9.40. The van der Waals surface area contributed by atoms with Gasteiger partial charge in [0.1, 0.15) is 5.82 Å². The third kappa shape index (κ3) is 6.21. The summed E-state index contributed by atoms with van der Waals surface area (Å²) in [6, 6.07) is 4.86. The molecule has 7 heteroatoms. The molecule has 154 valence electrons. The summed E-state index contributed by atoms with van der Waals surface area (Å²) in [5, 5.41) is 7.63. The van der Waals surface area contributed by atoms with Crippen molar-refractivity contribution in [1.82, 2.24) is 20.5 Å². The summed E-state index contributed by atoms with van der Waals surface area (Å²) in [4.78, 5) is 10.3. The number of rotatable bonds is 9. The van der Waals surface area contributed by atoms with Crippen molar-refractivity contribution < 1.29 is 9.13 Å². The van der Waals surface area contributed by atoms with E-state index in [-0.39, 0.29) is 5.82 Å². The lowest BCUT2D eigenvalue weighted by Gasteiger charge is -2.26. The van der Waals surface area contributed by atoms with Gasteiger partial charge in [-0.25, -0.2) is 4.39 Å². The number of aromatic amines is 1. The minimum atomic E-state index is -0.201. The molecule has 1 aromatic heterocycles. The fourth-order valence-electron chi connectivity index (χ4n) is 3.48. The van der Waals surface area contributed by atoms with Crippen LogP contribution in [0.25, 0.3) is 10.9 Å². The molecule has 0 amide bonds. The molecule has 0 spiro atoms. The molecule has 1 aromatic carbocycles. The van der Waals surface area contributed by atoms with Crippen molar-refractivity contribution in [2.24, 2.45) is 4.99 Å². The molecular weight excluding hydrogens is 357 g/mol. The molecule has 0 radical (unpaired) electrons. The second-order valence-electron chi connectivity index (χ2n) is 7.10. The lowest BCUT2D eigenvalue weighted by Crippen LogP contribution is -2.38. The van der Waals surface area contributed by atoms with Crippen LogP contribution in [-0.4, -0.2) is 68.3 Å². The number of H-pyrrole nitrogens is 1. The van der Waals surface area contributed by atoms with E-state index in [4.69, 9.17) is 4.74 Å². The molecule has 0 saturated carbocycles. The van der Waals surface area contributed by atoms with Crippen LogP contribution in [0.2, 0.25) is 0 Å². The summed E-state index contributed by atoms with van der Waals surface area (Å²) in [6.07, 6.45) is 5.01. The van der Waals surface area contributed by atoms with E-state index in [0.717, 1.165) is 94.2 Å². The van der Waals surface area contributed by atoms with E-state index < -0.39 is 0 Å². The van der Waals surface area contributed by atoms with E-state index in [2.05, 4.69) is 32.4 Å². The van der Waals surface area contributed by atoms with Crippen LogP contribution in [0.4, 0.5) is 4.39 Å². The van der Waals surface area contributed by atoms with Crippen LogP contribution >= 0.6 is 0 Å². The zero-order chi connectivity index (χ0) is 19.6. The number of aliphatic imine (C=N–C) groups is 1. The van der Waals surface area contributed by atoms with Crippen molar-refractivity contribution in [3.8, 4) is 0 Å². The highest BCUT2D eigenvalue weighted by Crippen LogP contribution is 2.19. The van der Waals surface area contributed by atoms with Crippen molar-refractivity contribution in [2.75, 3.05) is 52.5 Å². The fraction of sp³-hybridized carbons (Fsp3) is 0.571. The van der Waals surface area contributed by atoms with Gasteiger partial charge in [0.15, 0.2) is 5.96 Å². The number of aromatic nitrogens is 1. The molecule has 28 heavy (non-hydrogen) atoms. The summed E-state index contributed by atoms with van der Waals surface area (Å²) in [5.74, 6) is 0.646. The molecule has 1 saturated heterocycles. The monoisotopic (exact) mass is 389 g/mol. The Balaban J connectivity index is 1.40. The van der Waals surface area contributed by atoms with Gasteiger partial charge >= 0.3 is 0 Å². The molecule has 2 heterocycles. The molecule has 0 atom stereocenters. The maximum absolute atomic E-state index is 13.5. The van der Waals surface area contributed by atoms with Crippen molar-refractivity contribution in [3.63, 3.8) is 0 Å². The van der Waals surface area contributed by atoms with E-state index in [1.165, 1.54) is 6.07 Å². The van der Waals surface area contributed by atoms with Gasteiger partial charge in [-0.3, -0.25) is 9.89 Å². The molecule has 3 N–H and O–H groups in total. The lowest BCUT2D eigenvalue weighted by molar-refractivity contribution is 0.0373. The van der Waals surface area contributed by atoms with Gasteiger partial charge < -0.3 is 20.4 Å². The van der Waals surface area contributed by atoms with Crippen LogP contribution in [-0.2, 0) is 11.2 Å². The van der Waals surface area contributed by atoms with E-state index in [9.17, 15) is 4.39 Å². The molecule has 0 unspecified atom stereocenters. The Morgan fingerprint density at radius 1 is 1.25 bits per heavy atom. The first-order chi connectivity index (χ1) is 13.8. The van der Waals surface area contributed by atoms with Gasteiger partial charge in [-0.2, -0.15) is 0 Å². The fourth-order valence-corrected chi connectivity index (χ4v) is 3.48. The van der Waals surface area contributed by atoms with Gasteiger partial charge in [-0.15, -0.1) is 0 Å². The van der Waals surface area contributed by atoms with Crippen LogP contribution in [0.1, 0.15) is 25.3 Å². The molecule has 1 aliphatic heterocycles. The molecule has 3 rings (SSSR count). The number of unbranched alkanes of at least 4 members (excludes halogenated alkanes) is 1. The highest BCUT2D eigenvalue weighted by Gasteiger charge is 2.09. The summed E-state index contributed by atoms with van der Waals surface area (Å²) >= 11 is 0. The normalized spacial score (nSPS) is 15.9. The van der Waals surface area contributed by atoms with E-state index in [1.807, 2.05) is 6.20 Å². The molecule has 1 aliphatic rings. The summed E-state index contributed by atoms with van der Waals surface area (Å²) in [5.41, 5.74) is 2.08. The largest absolute Gasteiger partial charge is 0.379 e. The third-order valence-corrected chi connectivity index (χ3v) is 5.02. The van der Waals surface area contributed by atoms with Crippen LogP contribution in [0.15, 0.2) is 29.4 Å². The number of halogens is 1. The van der Waals surface area contributed by atoms with Crippen molar-refractivity contribution in [3.05, 3.63) is 35.8 Å². The Bertz CT molecular complexity index is 754. The number of ether oxygens (including phenoxy) is 1. The number of benzene rings is 1. The minimum Gasteiger partial charge on any atom is -0.379 e. The average molecular weight is 390 g/mol. The predicted molar refractivity (Wildman–Crippen MR) is 112 cm³/mol. The Kier molecular flexibility index (Phi) is 8.11. The SMILES string of the molecule is CCNC(=NCCCCN1CCOCC1)NCCc1c[nH]c2ccc(F)cc12. The predicted octanol–water partition coefficient (Wildman–Crippen LogP) is 2.52. The van der Waals surface area contributed by atoms with Crippen LogP contribution < -0.4 is 10.6 Å². The Labute approximate surface area is 166 Å². The first-order valence-electron chi connectivity index (χ1n) is 10.3. The van der Waals surface area contributed by atoms with E-state index in [0.29, 0.717) is 0 Å². The Morgan fingerprint density at radius 2 is 2.11 bits per heavy atom. The second-order valence-corrected chi connectivity index (χ2v) is 7.10. The number of nitrogens with zero attached hydrogens (tertiary/aromatic N) is 2. The number of guanidine groups is 1. The first-order valence-corrected chi connectivity index (χ1v) is 10.3. The van der Waals surface area contributed by atoms with E-state index in [1.54, 1.807) is 12.1 Å². The molecule has 0 aliphatic carbocycles. The van der Waals surface area contributed by atoms with Crippen LogP contribution in [0.3, 0.4) is 0 Å². The summed E-state index contributed by atoms with van der Waals surface area (Å²) < 4.78 is 18.9. The van der Waals surface area contributed by atoms with Crippen molar-refractivity contribution in [2.45, 2.75) is 26.2 Å². The molecular formula is C21H32FN5O. The van der Waals surface area contributed by atoms with Gasteiger partial charge in [-0.1, -0.05) is 0 Å². The van der Waals surface area contributed by atoms with Gasteiger partial charge in [0.2, 0.25) is 0 Å². The highest BCUT2D eigenvalue weighted by molar-refractivity contribution is 5.83. The third-order valence-electron chi connectivity index (χ3n) is 5.02. The minimum absolute atomic E-state index is 0.201. The number of hydrogen-bond acceptors (Lipinski definition) is 3. The first kappa shape index (κ1) is 20.6. The van der Waals surface area contributed by atoms with Gasteiger partial charge in [0, 0.05) is 49.8 Å². The summed E-state index contributed by atoms with van der Waals surface area (Å²) in [7, 11) is 0. The quantitative estimate of drug-likeness (QED) is 0.350. The van der Waals surface area contributed by atoms with Crippen molar-refractivity contribution >= 4 is 16.9 Å². The maximum Gasteiger partial charge on any atom is 0.191 e. The Morgan fingerprint density at radius 3 is 2.93 bits per heavy atom. The van der Waals surface area contributed by atoms with E-state index >= 15 is 0 Å². The lowest BCUT2D eigenvalue weighted by atomic mass is 10.1. The van der Waals surface area contributed by atoms with Crippen molar-refractivity contribution in [1.29, 1.82) is 0 Å². The topological polar surface area (TPSA) is 64.7 Å². The molecule has 0 bridgehead atoms. The van der Waals surface area contributed by atoms with Crippen LogP contribution in [0, 0.1) is 5.82 Å². The average Bonchev–Trinajstić information content (AvgIpc) is 3.10. The maximum atomic E-state index is 13.5. The zero-order valence-corrected chi connectivity index (χ0v) is 16.8. The molecule has 6 nitrogen and oxygen atoms in total. The molecule has 1 fully saturated rings. The number of nitrogens with one attached hydrogen (secondary N) is 3. The van der Waals surface area contributed by atoms with Gasteiger partial charge in [0.25, 0.3) is 0 Å². The zero-order valence-electron chi connectivity index (χ0n) is 16.8. The standard InChI is InChI=1S/C21H32FN5O/c1-2-23-21(24-8-3-4-10-27-11-13-28-14-12-27)25-9-7-17-16-26-20-6-5-18(22)15-19(17)20/h5-6,15-16,26H,2-4,7-14H2,1H3,(H2,23,24,25). The number of fused-ring (bicyclic) bond motifs is 1. The number of morpholine rings is 1. The highest BCUT2D eigenvalue weighted by atomic mass is 19.1. The number of hydrogen-bond donors (Lipinski definition) is 3. The molecule has 2 aromatic rings. The second kappa shape index (κ2) is 11.0. The Hall–Kier alpha value is -2.12.